The number of hydrogen-bond acceptors (Lipinski definition) is 1. The third kappa shape index (κ3) is 8.69. The maximum absolute atomic E-state index is 5.75. The van der Waals surface area contributed by atoms with Gasteiger partial charge in [-0.25, -0.2) is 4.99 Å². The monoisotopic (exact) mass is 833 g/mol. The van der Waals surface area contributed by atoms with E-state index in [9.17, 15) is 0 Å². The van der Waals surface area contributed by atoms with E-state index in [0.717, 1.165) is 23.4 Å². The molecule has 7 aromatic rings. The highest BCUT2D eigenvalue weighted by atomic mass is 14.8. The largest absolute Gasteiger partial charge is 0.247 e. The Morgan fingerprint density at radius 2 is 1.05 bits per heavy atom. The van der Waals surface area contributed by atoms with E-state index in [0.29, 0.717) is 5.92 Å². The first-order valence-corrected chi connectivity index (χ1v) is 23.0. The smallest absolute Gasteiger partial charge is 0.0751 e. The molecule has 0 radical (unpaired) electrons. The van der Waals surface area contributed by atoms with E-state index in [1.807, 2.05) is 0 Å². The zero-order chi connectivity index (χ0) is 45.4. The highest BCUT2D eigenvalue weighted by molar-refractivity contribution is 6.34. The molecule has 64 heavy (non-hydrogen) atoms. The quantitative estimate of drug-likeness (QED) is 0.122. The zero-order valence-corrected chi connectivity index (χ0v) is 40.1. The number of nitrogens with zero attached hydrogens (tertiary/aromatic N) is 1. The zero-order valence-electron chi connectivity index (χ0n) is 40.1. The molecular weight excluding hydrogens is 771 g/mol. The molecule has 0 spiro atoms. The van der Waals surface area contributed by atoms with Gasteiger partial charge in [-0.3, -0.25) is 0 Å². The van der Waals surface area contributed by atoms with Crippen molar-refractivity contribution in [2.45, 2.75) is 95.4 Å². The van der Waals surface area contributed by atoms with Gasteiger partial charge in [-0.15, -0.1) is 0 Å². The highest BCUT2D eigenvalue weighted by Gasteiger charge is 2.27. The molecule has 1 nitrogen and oxygen atoms in total. The van der Waals surface area contributed by atoms with Crippen molar-refractivity contribution in [1.82, 2.24) is 0 Å². The summed E-state index contributed by atoms with van der Waals surface area (Å²) >= 11 is 0. The Morgan fingerprint density at radius 1 is 0.547 bits per heavy atom. The lowest BCUT2D eigenvalue weighted by Gasteiger charge is -2.20. The first kappa shape index (κ1) is 44.1. The normalized spacial score (nSPS) is 14.9. The SMILES string of the molecule is CC1=C(c2c(C)cc(C)cc2C)C(/C=C/c2cccc3ccccc23)=NC\1=C(/C=C(C)/C(=C/CC(C)c1cccc2ccccc12)c1c(C)cc(C)cc1C)c1c(C)cc(C)cc1C. The van der Waals surface area contributed by atoms with Crippen molar-refractivity contribution in [3.05, 3.63) is 234 Å². The van der Waals surface area contributed by atoms with Gasteiger partial charge in [0.25, 0.3) is 0 Å². The second-order valence-corrected chi connectivity index (χ2v) is 18.6. The summed E-state index contributed by atoms with van der Waals surface area (Å²) in [6.45, 7) is 27.2. The van der Waals surface area contributed by atoms with Gasteiger partial charge in [0, 0.05) is 11.1 Å². The number of hydrogen-bond donors (Lipinski definition) is 0. The molecule has 1 heterocycles. The van der Waals surface area contributed by atoms with Crippen LogP contribution in [0.15, 0.2) is 161 Å². The molecule has 0 aliphatic carbocycles. The van der Waals surface area contributed by atoms with E-state index in [1.54, 1.807) is 0 Å². The van der Waals surface area contributed by atoms with Crippen LogP contribution in [0.2, 0.25) is 0 Å². The van der Waals surface area contributed by atoms with Crippen molar-refractivity contribution >= 4 is 50.1 Å². The number of allylic oxidation sites excluding steroid dienone is 8. The van der Waals surface area contributed by atoms with E-state index >= 15 is 0 Å². The van der Waals surface area contributed by atoms with Gasteiger partial charge in [0.2, 0.25) is 0 Å². The maximum atomic E-state index is 5.75. The summed E-state index contributed by atoms with van der Waals surface area (Å²) in [4.78, 5) is 5.75. The van der Waals surface area contributed by atoms with Crippen LogP contribution >= 0.6 is 0 Å². The minimum atomic E-state index is 0.323. The van der Waals surface area contributed by atoms with Gasteiger partial charge in [-0.2, -0.15) is 0 Å². The standard InChI is InChI=1S/C63H63N/c1-38-31-43(6)59(44(7)32-38)54(29-27-41(4)53-26-18-23-51-20-14-16-25-56(51)53)42(5)37-57(60-45(8)33-39(2)34-46(60)9)63-49(12)62(61-47(10)35-40(3)36-48(61)11)58(64-63)30-28-52-22-17-21-50-19-13-15-24-55(50)52/h13-26,28-37,41H,27H2,1-12H3/b30-28+,42-37+,54-29-,63-57+. The van der Waals surface area contributed by atoms with Crippen LogP contribution in [0, 0.1) is 62.3 Å². The number of rotatable bonds is 10. The fraction of sp³-hybridized carbons (Fsp3) is 0.222. The predicted octanol–water partition coefficient (Wildman–Crippen LogP) is 17.3. The Kier molecular flexibility index (Phi) is 12.6. The minimum Gasteiger partial charge on any atom is -0.247 e. The molecule has 0 N–H and O–H groups in total. The Morgan fingerprint density at radius 3 is 1.66 bits per heavy atom. The van der Waals surface area contributed by atoms with Gasteiger partial charge >= 0.3 is 0 Å². The van der Waals surface area contributed by atoms with E-state index < -0.39 is 0 Å². The maximum Gasteiger partial charge on any atom is 0.0751 e. The topological polar surface area (TPSA) is 12.4 Å². The number of aryl methyl sites for hydroxylation is 9. The first-order chi connectivity index (χ1) is 30.7. The molecule has 1 unspecified atom stereocenters. The summed E-state index contributed by atoms with van der Waals surface area (Å²) in [5.74, 6) is 0.323. The fourth-order valence-corrected chi connectivity index (χ4v) is 10.7. The molecule has 0 fully saturated rings. The summed E-state index contributed by atoms with van der Waals surface area (Å²) in [5.41, 5.74) is 26.0. The lowest BCUT2D eigenvalue weighted by atomic mass is 9.84. The Balaban J connectivity index is 1.38. The van der Waals surface area contributed by atoms with Crippen molar-refractivity contribution < 1.29 is 0 Å². The van der Waals surface area contributed by atoms with Crippen LogP contribution < -0.4 is 0 Å². The lowest BCUT2D eigenvalue weighted by molar-refractivity contribution is 0.788. The Hall–Kier alpha value is -6.57. The van der Waals surface area contributed by atoms with Crippen LogP contribution in [-0.2, 0) is 0 Å². The second-order valence-electron chi connectivity index (χ2n) is 18.6. The van der Waals surface area contributed by atoms with Crippen LogP contribution in [0.25, 0.3) is 44.3 Å². The molecule has 8 rings (SSSR count). The number of aliphatic imine (C=N–C) groups is 1. The van der Waals surface area contributed by atoms with Gasteiger partial charge in [-0.1, -0.05) is 157 Å². The average molecular weight is 834 g/mol. The summed E-state index contributed by atoms with van der Waals surface area (Å²) < 4.78 is 0. The Labute approximate surface area is 383 Å². The van der Waals surface area contributed by atoms with Crippen molar-refractivity contribution in [3.63, 3.8) is 0 Å². The number of fused-ring (bicyclic) bond motifs is 2. The fourth-order valence-electron chi connectivity index (χ4n) is 10.7. The molecule has 1 atom stereocenters. The van der Waals surface area contributed by atoms with Gasteiger partial charge in [0.15, 0.2) is 0 Å². The van der Waals surface area contributed by atoms with Gasteiger partial charge in [-0.05, 0) is 200 Å². The highest BCUT2D eigenvalue weighted by Crippen LogP contribution is 2.43. The van der Waals surface area contributed by atoms with E-state index in [2.05, 4.69) is 229 Å². The van der Waals surface area contributed by atoms with Gasteiger partial charge in [0.05, 0.1) is 11.4 Å². The van der Waals surface area contributed by atoms with Crippen molar-refractivity contribution in [2.24, 2.45) is 4.99 Å². The molecule has 320 valence electrons. The molecule has 1 aliphatic heterocycles. The summed E-state index contributed by atoms with van der Waals surface area (Å²) in [6.07, 6.45) is 10.4. The van der Waals surface area contributed by atoms with Crippen molar-refractivity contribution in [2.75, 3.05) is 0 Å². The molecular formula is C63H63N. The second kappa shape index (κ2) is 18.3. The summed E-state index contributed by atoms with van der Waals surface area (Å²) in [5, 5.41) is 5.10. The predicted molar refractivity (Wildman–Crippen MR) is 281 cm³/mol. The molecule has 0 bridgehead atoms. The third-order valence-corrected chi connectivity index (χ3v) is 13.4. The van der Waals surface area contributed by atoms with E-state index in [1.165, 1.54) is 122 Å². The first-order valence-electron chi connectivity index (χ1n) is 23.0. The molecule has 0 saturated heterocycles. The molecule has 0 aromatic heterocycles. The molecule has 1 heteroatoms. The van der Waals surface area contributed by atoms with E-state index in [-0.39, 0.29) is 0 Å². The van der Waals surface area contributed by atoms with E-state index in [4.69, 9.17) is 4.99 Å². The van der Waals surface area contributed by atoms with Crippen LogP contribution in [0.4, 0.5) is 0 Å². The van der Waals surface area contributed by atoms with Crippen molar-refractivity contribution in [3.8, 4) is 0 Å². The average Bonchev–Trinajstić information content (AvgIpc) is 3.56. The van der Waals surface area contributed by atoms with Gasteiger partial charge < -0.3 is 0 Å². The molecule has 1 aliphatic rings. The summed E-state index contributed by atoms with van der Waals surface area (Å²) in [6, 6.07) is 44.7. The van der Waals surface area contributed by atoms with Crippen molar-refractivity contribution in [1.29, 1.82) is 0 Å². The molecule has 0 amide bonds. The summed E-state index contributed by atoms with van der Waals surface area (Å²) in [7, 11) is 0. The minimum absolute atomic E-state index is 0.323. The number of benzene rings is 7. The Bertz CT molecular complexity index is 3110. The van der Waals surface area contributed by atoms with Crippen LogP contribution in [0.5, 0.6) is 0 Å². The molecule has 7 aromatic carbocycles. The molecule has 0 saturated carbocycles. The third-order valence-electron chi connectivity index (χ3n) is 13.4. The van der Waals surface area contributed by atoms with Crippen LogP contribution in [0.1, 0.15) is 111 Å². The van der Waals surface area contributed by atoms with Crippen LogP contribution in [-0.4, -0.2) is 5.71 Å². The lowest BCUT2D eigenvalue weighted by Crippen LogP contribution is -2.02. The van der Waals surface area contributed by atoms with Crippen LogP contribution in [0.3, 0.4) is 0 Å². The van der Waals surface area contributed by atoms with Gasteiger partial charge in [0.1, 0.15) is 0 Å².